The number of alkyl halides is 2. The predicted octanol–water partition coefficient (Wildman–Crippen LogP) is -0.253. The van der Waals surface area contributed by atoms with Gasteiger partial charge in [0.1, 0.15) is 0 Å². The highest BCUT2D eigenvalue weighted by Gasteiger charge is 2.37. The van der Waals surface area contributed by atoms with Crippen molar-refractivity contribution in [3.8, 4) is 0 Å². The van der Waals surface area contributed by atoms with Crippen LogP contribution in [-0.4, -0.2) is 45.0 Å². The SMILES string of the molecule is NCC1(NCC(F)F)CCCS(=O)(=O)C1. The highest BCUT2D eigenvalue weighted by molar-refractivity contribution is 7.91. The van der Waals surface area contributed by atoms with Crippen molar-refractivity contribution >= 4 is 9.84 Å². The number of hydrogen-bond acceptors (Lipinski definition) is 4. The van der Waals surface area contributed by atoms with Gasteiger partial charge >= 0.3 is 0 Å². The zero-order chi connectivity index (χ0) is 11.5. The van der Waals surface area contributed by atoms with Gasteiger partial charge in [0.05, 0.1) is 18.1 Å². The number of nitrogens with two attached hydrogens (primary N) is 1. The van der Waals surface area contributed by atoms with Gasteiger partial charge in [0, 0.05) is 12.1 Å². The van der Waals surface area contributed by atoms with Gasteiger partial charge in [0.2, 0.25) is 0 Å². The van der Waals surface area contributed by atoms with Crippen LogP contribution in [0.1, 0.15) is 12.8 Å². The largest absolute Gasteiger partial charge is 0.329 e. The van der Waals surface area contributed by atoms with Gasteiger partial charge < -0.3 is 11.1 Å². The first kappa shape index (κ1) is 12.8. The minimum absolute atomic E-state index is 0.0684. The Hall–Kier alpha value is -0.270. The van der Waals surface area contributed by atoms with E-state index in [4.69, 9.17) is 5.73 Å². The van der Waals surface area contributed by atoms with Crippen LogP contribution in [0.3, 0.4) is 0 Å². The zero-order valence-corrected chi connectivity index (χ0v) is 9.19. The fourth-order valence-electron chi connectivity index (χ4n) is 1.86. The number of hydrogen-bond donors (Lipinski definition) is 2. The lowest BCUT2D eigenvalue weighted by Gasteiger charge is -2.36. The fourth-order valence-corrected chi connectivity index (χ4v) is 3.80. The predicted molar refractivity (Wildman–Crippen MR) is 53.7 cm³/mol. The summed E-state index contributed by atoms with van der Waals surface area (Å²) in [6.07, 6.45) is -1.47. The van der Waals surface area contributed by atoms with E-state index < -0.39 is 28.3 Å². The van der Waals surface area contributed by atoms with Gasteiger partial charge in [-0.3, -0.25) is 0 Å². The van der Waals surface area contributed by atoms with E-state index in [1.54, 1.807) is 0 Å². The molecule has 0 saturated carbocycles. The quantitative estimate of drug-likeness (QED) is 0.713. The Balaban J connectivity index is 2.67. The first-order valence-corrected chi connectivity index (χ1v) is 6.65. The Kier molecular flexibility index (Phi) is 4.02. The Morgan fingerprint density at radius 3 is 2.60 bits per heavy atom. The molecule has 1 heterocycles. The molecule has 1 aliphatic heterocycles. The average Bonchev–Trinajstić information content (AvgIpc) is 2.13. The van der Waals surface area contributed by atoms with Crippen LogP contribution in [0.5, 0.6) is 0 Å². The molecule has 90 valence electrons. The maximum absolute atomic E-state index is 12.0. The lowest BCUT2D eigenvalue weighted by molar-refractivity contribution is 0.130. The number of nitrogens with one attached hydrogen (secondary N) is 1. The Bertz CT molecular complexity index is 308. The highest BCUT2D eigenvalue weighted by atomic mass is 32.2. The molecule has 0 aromatic rings. The van der Waals surface area contributed by atoms with E-state index in [1.165, 1.54) is 0 Å². The van der Waals surface area contributed by atoms with Crippen LogP contribution >= 0.6 is 0 Å². The van der Waals surface area contributed by atoms with E-state index in [1.807, 2.05) is 0 Å². The van der Waals surface area contributed by atoms with E-state index in [9.17, 15) is 17.2 Å². The minimum atomic E-state index is -3.14. The lowest BCUT2D eigenvalue weighted by atomic mass is 9.95. The smallest absolute Gasteiger partial charge is 0.250 e. The van der Waals surface area contributed by atoms with Crippen molar-refractivity contribution in [2.24, 2.45) is 5.73 Å². The average molecular weight is 242 g/mol. The molecule has 7 heteroatoms. The summed E-state index contributed by atoms with van der Waals surface area (Å²) in [5, 5.41) is 2.59. The summed E-state index contributed by atoms with van der Waals surface area (Å²) in [7, 11) is -3.14. The molecule has 1 fully saturated rings. The second-order valence-electron chi connectivity index (χ2n) is 3.95. The van der Waals surface area contributed by atoms with Gasteiger partial charge in [0.25, 0.3) is 6.43 Å². The molecule has 0 aromatic heterocycles. The topological polar surface area (TPSA) is 72.2 Å². The summed E-state index contributed by atoms with van der Waals surface area (Å²) in [5.74, 6) is -0.00563. The number of sulfone groups is 1. The van der Waals surface area contributed by atoms with Crippen LogP contribution in [0.2, 0.25) is 0 Å². The molecular weight excluding hydrogens is 226 g/mol. The Morgan fingerprint density at radius 1 is 1.47 bits per heavy atom. The summed E-state index contributed by atoms with van der Waals surface area (Å²) >= 11 is 0. The van der Waals surface area contributed by atoms with Crippen molar-refractivity contribution < 1.29 is 17.2 Å². The summed E-state index contributed by atoms with van der Waals surface area (Å²) in [4.78, 5) is 0. The van der Waals surface area contributed by atoms with Crippen molar-refractivity contribution in [2.75, 3.05) is 24.6 Å². The third-order valence-electron chi connectivity index (χ3n) is 2.63. The van der Waals surface area contributed by atoms with Crippen LogP contribution < -0.4 is 11.1 Å². The molecule has 0 amide bonds. The summed E-state index contributed by atoms with van der Waals surface area (Å²) in [6.45, 7) is -0.439. The molecule has 1 unspecified atom stereocenters. The molecule has 1 aliphatic rings. The molecular formula is C8H16F2N2O2S. The first-order chi connectivity index (χ1) is 6.89. The molecule has 0 spiro atoms. The molecule has 1 atom stereocenters. The third-order valence-corrected chi connectivity index (χ3v) is 4.53. The van der Waals surface area contributed by atoms with Gasteiger partial charge in [-0.05, 0) is 12.8 Å². The van der Waals surface area contributed by atoms with Crippen LogP contribution in [-0.2, 0) is 9.84 Å². The molecule has 1 saturated heterocycles. The molecule has 0 aromatic carbocycles. The first-order valence-electron chi connectivity index (χ1n) is 4.83. The van der Waals surface area contributed by atoms with Crippen LogP contribution in [0.15, 0.2) is 0 Å². The van der Waals surface area contributed by atoms with E-state index in [0.717, 1.165) is 0 Å². The van der Waals surface area contributed by atoms with E-state index in [2.05, 4.69) is 5.32 Å². The Labute approximate surface area is 88.1 Å². The van der Waals surface area contributed by atoms with E-state index in [0.29, 0.717) is 12.8 Å². The van der Waals surface area contributed by atoms with Gasteiger partial charge in [-0.25, -0.2) is 17.2 Å². The third kappa shape index (κ3) is 3.66. The van der Waals surface area contributed by atoms with Crippen molar-refractivity contribution in [1.29, 1.82) is 0 Å². The van der Waals surface area contributed by atoms with Gasteiger partial charge in [-0.2, -0.15) is 0 Å². The normalized spacial score (nSPS) is 30.7. The van der Waals surface area contributed by atoms with Crippen molar-refractivity contribution in [1.82, 2.24) is 5.32 Å². The molecule has 15 heavy (non-hydrogen) atoms. The van der Waals surface area contributed by atoms with E-state index >= 15 is 0 Å². The summed E-state index contributed by atoms with van der Waals surface area (Å²) in [6, 6.07) is 0. The van der Waals surface area contributed by atoms with E-state index in [-0.39, 0.29) is 18.1 Å². The van der Waals surface area contributed by atoms with Crippen molar-refractivity contribution in [3.63, 3.8) is 0 Å². The molecule has 4 nitrogen and oxygen atoms in total. The van der Waals surface area contributed by atoms with Gasteiger partial charge in [-0.15, -0.1) is 0 Å². The molecule has 0 bridgehead atoms. The maximum atomic E-state index is 12.0. The minimum Gasteiger partial charge on any atom is -0.329 e. The van der Waals surface area contributed by atoms with Crippen LogP contribution in [0.4, 0.5) is 8.78 Å². The summed E-state index contributed by atoms with van der Waals surface area (Å²) < 4.78 is 46.8. The van der Waals surface area contributed by atoms with Gasteiger partial charge in [0.15, 0.2) is 9.84 Å². The van der Waals surface area contributed by atoms with Crippen LogP contribution in [0.25, 0.3) is 0 Å². The molecule has 1 rings (SSSR count). The van der Waals surface area contributed by atoms with Crippen molar-refractivity contribution in [3.05, 3.63) is 0 Å². The van der Waals surface area contributed by atoms with Gasteiger partial charge in [-0.1, -0.05) is 0 Å². The highest BCUT2D eigenvalue weighted by Crippen LogP contribution is 2.22. The second kappa shape index (κ2) is 4.71. The van der Waals surface area contributed by atoms with Crippen LogP contribution in [0, 0.1) is 0 Å². The second-order valence-corrected chi connectivity index (χ2v) is 6.14. The number of rotatable bonds is 4. The summed E-state index contributed by atoms with van der Waals surface area (Å²) in [5.41, 5.74) is 4.62. The fraction of sp³-hybridized carbons (Fsp3) is 1.00. The maximum Gasteiger partial charge on any atom is 0.250 e. The molecule has 0 aliphatic carbocycles. The monoisotopic (exact) mass is 242 g/mol. The zero-order valence-electron chi connectivity index (χ0n) is 8.38. The lowest BCUT2D eigenvalue weighted by Crippen LogP contribution is -2.59. The standard InChI is InChI=1S/C8H16F2N2O2S/c9-7(10)4-12-8(5-11)2-1-3-15(13,14)6-8/h7,12H,1-6,11H2. The Morgan fingerprint density at radius 2 is 2.13 bits per heavy atom. The molecule has 3 N–H and O–H groups in total. The molecule has 0 radical (unpaired) electrons. The number of halogens is 2. The van der Waals surface area contributed by atoms with Crippen molar-refractivity contribution in [2.45, 2.75) is 24.8 Å².